The van der Waals surface area contributed by atoms with E-state index in [-0.39, 0.29) is 11.7 Å². The van der Waals surface area contributed by atoms with E-state index in [0.717, 1.165) is 22.3 Å². The van der Waals surface area contributed by atoms with E-state index in [1.54, 1.807) is 18.2 Å². The number of nitrogens with zero attached hydrogens (tertiary/aromatic N) is 1. The Bertz CT molecular complexity index is 1560. The van der Waals surface area contributed by atoms with E-state index in [1.807, 2.05) is 103 Å². The predicted octanol–water partition coefficient (Wildman–Crippen LogP) is 7.43. The van der Waals surface area contributed by atoms with Gasteiger partial charge in [0.25, 0.3) is 5.91 Å². The Morgan fingerprint density at radius 3 is 1.47 bits per heavy atom. The van der Waals surface area contributed by atoms with Crippen molar-refractivity contribution in [1.29, 1.82) is 0 Å². The van der Waals surface area contributed by atoms with Gasteiger partial charge in [-0.15, -0.1) is 0 Å². The summed E-state index contributed by atoms with van der Waals surface area (Å²) in [4.78, 5) is 29.9. The van der Waals surface area contributed by atoms with Crippen molar-refractivity contribution in [2.75, 3.05) is 0 Å². The van der Waals surface area contributed by atoms with Gasteiger partial charge in [0.15, 0.2) is 5.78 Å². The van der Waals surface area contributed by atoms with Gasteiger partial charge in [0, 0.05) is 36.8 Å². The number of rotatable bonds is 13. The molecule has 4 nitrogen and oxygen atoms in total. The minimum atomic E-state index is -0.456. The average molecular weight is 565 g/mol. The Morgan fingerprint density at radius 1 is 0.558 bits per heavy atom. The van der Waals surface area contributed by atoms with Gasteiger partial charge in [-0.2, -0.15) is 0 Å². The molecule has 0 fully saturated rings. The first kappa shape index (κ1) is 29.4. The standard InChI is InChI=1S/C39H36N2O2/c42-38(28-36(26-31-16-6-1-7-17-31)40-39(43)35-24-14-5-15-25-35)37(27-32-18-8-2-9-19-32)41(29-33-20-10-3-11-21-33)30-34-22-12-4-13-23-34/h1-25,28,37H,26-27,29-30H2,(H,40,43)/b36-28-/t37-/m0/s1. The lowest BCUT2D eigenvalue weighted by atomic mass is 9.97. The number of allylic oxidation sites excluding steroid dienone is 1. The molecule has 0 heterocycles. The Hall–Kier alpha value is -5.06. The zero-order valence-corrected chi connectivity index (χ0v) is 24.2. The van der Waals surface area contributed by atoms with Crippen molar-refractivity contribution in [1.82, 2.24) is 10.2 Å². The van der Waals surface area contributed by atoms with Crippen LogP contribution in [0.3, 0.4) is 0 Å². The fourth-order valence-corrected chi connectivity index (χ4v) is 5.18. The van der Waals surface area contributed by atoms with Crippen molar-refractivity contribution < 1.29 is 9.59 Å². The average Bonchev–Trinajstić information content (AvgIpc) is 3.05. The summed E-state index contributed by atoms with van der Waals surface area (Å²) in [6.07, 6.45) is 2.62. The molecule has 1 atom stereocenters. The third-order valence-corrected chi connectivity index (χ3v) is 7.36. The SMILES string of the molecule is O=C(N/C(=C\C(=O)[C@H](Cc1ccccc1)N(Cc1ccccc1)Cc1ccccc1)Cc1ccccc1)c1ccccc1. The van der Waals surface area contributed by atoms with Crippen LogP contribution in [-0.4, -0.2) is 22.6 Å². The lowest BCUT2D eigenvalue weighted by molar-refractivity contribution is -0.120. The maximum atomic E-state index is 14.4. The Labute approximate surface area is 254 Å². The van der Waals surface area contributed by atoms with Crippen LogP contribution in [0.15, 0.2) is 163 Å². The van der Waals surface area contributed by atoms with Crippen molar-refractivity contribution in [2.45, 2.75) is 32.0 Å². The van der Waals surface area contributed by atoms with Crippen LogP contribution in [-0.2, 0) is 30.7 Å². The van der Waals surface area contributed by atoms with E-state index in [1.165, 1.54) is 0 Å². The molecule has 214 valence electrons. The molecule has 5 aromatic rings. The summed E-state index contributed by atoms with van der Waals surface area (Å²) in [7, 11) is 0. The van der Waals surface area contributed by atoms with Gasteiger partial charge in [0.2, 0.25) is 0 Å². The molecule has 0 spiro atoms. The summed E-state index contributed by atoms with van der Waals surface area (Å²) in [5, 5.41) is 3.05. The van der Waals surface area contributed by atoms with Crippen molar-refractivity contribution >= 4 is 11.7 Å². The molecule has 0 radical (unpaired) electrons. The number of hydrogen-bond donors (Lipinski definition) is 1. The van der Waals surface area contributed by atoms with Crippen LogP contribution in [0, 0.1) is 0 Å². The maximum Gasteiger partial charge on any atom is 0.255 e. The highest BCUT2D eigenvalue weighted by Crippen LogP contribution is 2.20. The minimum Gasteiger partial charge on any atom is -0.325 e. The summed E-state index contributed by atoms with van der Waals surface area (Å²) < 4.78 is 0. The fraction of sp³-hybridized carbons (Fsp3) is 0.128. The number of hydrogen-bond acceptors (Lipinski definition) is 3. The molecule has 0 unspecified atom stereocenters. The van der Waals surface area contributed by atoms with Crippen LogP contribution < -0.4 is 5.32 Å². The molecule has 0 aliphatic heterocycles. The van der Waals surface area contributed by atoms with Gasteiger partial charge in [0.1, 0.15) is 0 Å². The van der Waals surface area contributed by atoms with Crippen LogP contribution >= 0.6 is 0 Å². The highest BCUT2D eigenvalue weighted by Gasteiger charge is 2.26. The number of benzene rings is 5. The molecule has 0 aliphatic rings. The van der Waals surface area contributed by atoms with Gasteiger partial charge in [-0.25, -0.2) is 0 Å². The Morgan fingerprint density at radius 2 is 0.977 bits per heavy atom. The second-order valence-electron chi connectivity index (χ2n) is 10.6. The molecule has 43 heavy (non-hydrogen) atoms. The van der Waals surface area contributed by atoms with Gasteiger partial charge >= 0.3 is 0 Å². The van der Waals surface area contributed by atoms with Gasteiger partial charge in [0.05, 0.1) is 6.04 Å². The molecule has 1 amide bonds. The van der Waals surface area contributed by atoms with Crippen molar-refractivity contribution in [3.05, 3.63) is 191 Å². The van der Waals surface area contributed by atoms with Crippen molar-refractivity contribution in [3.8, 4) is 0 Å². The molecule has 0 aliphatic carbocycles. The van der Waals surface area contributed by atoms with E-state index in [0.29, 0.717) is 37.2 Å². The molecule has 5 rings (SSSR count). The lowest BCUT2D eigenvalue weighted by Gasteiger charge is -2.31. The number of carbonyl (C=O) groups is 2. The third kappa shape index (κ3) is 8.96. The van der Waals surface area contributed by atoms with E-state index in [2.05, 4.69) is 46.6 Å². The molecule has 4 heteroatoms. The second kappa shape index (κ2) is 15.2. The van der Waals surface area contributed by atoms with Gasteiger partial charge in [-0.05, 0) is 40.8 Å². The van der Waals surface area contributed by atoms with Crippen LogP contribution in [0.1, 0.15) is 32.6 Å². The number of carbonyl (C=O) groups excluding carboxylic acids is 2. The van der Waals surface area contributed by atoms with E-state index < -0.39 is 6.04 Å². The van der Waals surface area contributed by atoms with Crippen molar-refractivity contribution in [2.24, 2.45) is 0 Å². The van der Waals surface area contributed by atoms with Crippen LogP contribution in [0.25, 0.3) is 0 Å². The van der Waals surface area contributed by atoms with Gasteiger partial charge in [-0.1, -0.05) is 140 Å². The molecule has 0 bridgehead atoms. The Balaban J connectivity index is 1.51. The normalized spacial score (nSPS) is 12.1. The van der Waals surface area contributed by atoms with Crippen molar-refractivity contribution in [3.63, 3.8) is 0 Å². The first-order chi connectivity index (χ1) is 21.1. The largest absolute Gasteiger partial charge is 0.325 e. The number of nitrogens with one attached hydrogen (secondary N) is 1. The van der Waals surface area contributed by atoms with Gasteiger partial charge < -0.3 is 5.32 Å². The minimum absolute atomic E-state index is 0.0463. The molecule has 0 aromatic heterocycles. The van der Waals surface area contributed by atoms with Crippen LogP contribution in [0.4, 0.5) is 0 Å². The maximum absolute atomic E-state index is 14.4. The highest BCUT2D eigenvalue weighted by atomic mass is 16.2. The number of ketones is 1. The topological polar surface area (TPSA) is 49.4 Å². The van der Waals surface area contributed by atoms with E-state index >= 15 is 0 Å². The summed E-state index contributed by atoms with van der Waals surface area (Å²) in [5.74, 6) is -0.282. The third-order valence-electron chi connectivity index (χ3n) is 7.36. The molecule has 1 N–H and O–H groups in total. The molecular weight excluding hydrogens is 528 g/mol. The zero-order chi connectivity index (χ0) is 29.7. The molecule has 5 aromatic carbocycles. The smallest absolute Gasteiger partial charge is 0.255 e. The van der Waals surface area contributed by atoms with E-state index in [9.17, 15) is 9.59 Å². The second-order valence-corrected chi connectivity index (χ2v) is 10.6. The summed E-state index contributed by atoms with van der Waals surface area (Å²) >= 11 is 0. The van der Waals surface area contributed by atoms with Crippen LogP contribution in [0.5, 0.6) is 0 Å². The highest BCUT2D eigenvalue weighted by molar-refractivity contribution is 5.98. The van der Waals surface area contributed by atoms with E-state index in [4.69, 9.17) is 0 Å². The molecular formula is C39H36N2O2. The summed E-state index contributed by atoms with van der Waals surface area (Å²) in [5.41, 5.74) is 5.48. The first-order valence-corrected chi connectivity index (χ1v) is 14.6. The van der Waals surface area contributed by atoms with Gasteiger partial charge in [-0.3, -0.25) is 14.5 Å². The zero-order valence-electron chi connectivity index (χ0n) is 24.2. The van der Waals surface area contributed by atoms with Crippen LogP contribution in [0.2, 0.25) is 0 Å². The lowest BCUT2D eigenvalue weighted by Crippen LogP contribution is -2.42. The number of amides is 1. The monoisotopic (exact) mass is 564 g/mol. The predicted molar refractivity (Wildman–Crippen MR) is 173 cm³/mol. The summed E-state index contributed by atoms with van der Waals surface area (Å²) in [6.45, 7) is 1.22. The Kier molecular flexibility index (Phi) is 10.4. The molecule has 0 saturated heterocycles. The summed E-state index contributed by atoms with van der Waals surface area (Å²) in [6, 6.07) is 49.2. The quantitative estimate of drug-likeness (QED) is 0.151. The fourth-order valence-electron chi connectivity index (χ4n) is 5.18. The first-order valence-electron chi connectivity index (χ1n) is 14.6. The molecule has 0 saturated carbocycles.